The summed E-state index contributed by atoms with van der Waals surface area (Å²) in [6.07, 6.45) is 2.03. The van der Waals surface area contributed by atoms with Crippen molar-refractivity contribution < 1.29 is 9.53 Å². The SMILES string of the molecule is Cc1cccc(OCCN(C)C(=O)C2CCCN2)c1.Cl. The molecule has 1 aromatic carbocycles. The van der Waals surface area contributed by atoms with Crippen molar-refractivity contribution in [1.29, 1.82) is 0 Å². The molecule has 1 aliphatic rings. The normalized spacial score (nSPS) is 17.4. The second kappa shape index (κ2) is 8.12. The zero-order valence-electron chi connectivity index (χ0n) is 12.1. The van der Waals surface area contributed by atoms with Crippen molar-refractivity contribution >= 4 is 18.3 Å². The smallest absolute Gasteiger partial charge is 0.239 e. The minimum Gasteiger partial charge on any atom is -0.492 e. The Kier molecular flexibility index (Phi) is 6.82. The molecule has 1 aliphatic heterocycles. The van der Waals surface area contributed by atoms with Crippen LogP contribution in [-0.2, 0) is 4.79 Å². The highest BCUT2D eigenvalue weighted by atomic mass is 35.5. The van der Waals surface area contributed by atoms with Gasteiger partial charge in [-0.1, -0.05) is 12.1 Å². The van der Waals surface area contributed by atoms with Crippen LogP contribution in [0.4, 0.5) is 0 Å². The number of aryl methyl sites for hydroxylation is 1. The third-order valence-corrected chi connectivity index (χ3v) is 3.42. The summed E-state index contributed by atoms with van der Waals surface area (Å²) in [6, 6.07) is 7.95. The summed E-state index contributed by atoms with van der Waals surface area (Å²) in [6.45, 7) is 4.13. The van der Waals surface area contributed by atoms with Gasteiger partial charge in [0.25, 0.3) is 0 Å². The molecule has 0 spiro atoms. The lowest BCUT2D eigenvalue weighted by molar-refractivity contribution is -0.132. The lowest BCUT2D eigenvalue weighted by Gasteiger charge is -2.21. The molecule has 1 amide bonds. The zero-order chi connectivity index (χ0) is 13.7. The Labute approximate surface area is 126 Å². The molecule has 1 heterocycles. The standard InChI is InChI=1S/C15H22N2O2.ClH/c1-12-5-3-6-13(11-12)19-10-9-17(2)15(18)14-7-4-8-16-14;/h3,5-6,11,14,16H,4,7-10H2,1-2H3;1H. The molecular formula is C15H23ClN2O2. The van der Waals surface area contributed by atoms with Crippen molar-refractivity contribution in [3.05, 3.63) is 29.8 Å². The van der Waals surface area contributed by atoms with Gasteiger partial charge in [0.15, 0.2) is 0 Å². The van der Waals surface area contributed by atoms with Crippen LogP contribution in [0.2, 0.25) is 0 Å². The van der Waals surface area contributed by atoms with Gasteiger partial charge in [0.05, 0.1) is 12.6 Å². The lowest BCUT2D eigenvalue weighted by Crippen LogP contribution is -2.43. The van der Waals surface area contributed by atoms with E-state index in [1.807, 2.05) is 38.2 Å². The monoisotopic (exact) mass is 298 g/mol. The van der Waals surface area contributed by atoms with Crippen LogP contribution in [0.5, 0.6) is 5.75 Å². The van der Waals surface area contributed by atoms with Crippen molar-refractivity contribution in [3.8, 4) is 5.75 Å². The molecule has 1 saturated heterocycles. The van der Waals surface area contributed by atoms with Crippen LogP contribution < -0.4 is 10.1 Å². The Hall–Kier alpha value is -1.26. The molecule has 0 saturated carbocycles. The Morgan fingerprint density at radius 1 is 1.50 bits per heavy atom. The maximum atomic E-state index is 12.0. The van der Waals surface area contributed by atoms with Gasteiger partial charge in [-0.05, 0) is 44.0 Å². The summed E-state index contributed by atoms with van der Waals surface area (Å²) in [7, 11) is 1.84. The first-order valence-electron chi connectivity index (χ1n) is 6.84. The fourth-order valence-corrected chi connectivity index (χ4v) is 2.28. The van der Waals surface area contributed by atoms with Crippen molar-refractivity contribution in [1.82, 2.24) is 10.2 Å². The number of benzene rings is 1. The average Bonchev–Trinajstić information content (AvgIpc) is 2.91. The number of halogens is 1. The van der Waals surface area contributed by atoms with Gasteiger partial charge in [-0.15, -0.1) is 12.4 Å². The van der Waals surface area contributed by atoms with Gasteiger partial charge >= 0.3 is 0 Å². The van der Waals surface area contributed by atoms with Crippen LogP contribution >= 0.6 is 12.4 Å². The van der Waals surface area contributed by atoms with Gasteiger partial charge < -0.3 is 15.0 Å². The summed E-state index contributed by atoms with van der Waals surface area (Å²) < 4.78 is 5.66. The first kappa shape index (κ1) is 16.8. The van der Waals surface area contributed by atoms with Gasteiger partial charge in [-0.2, -0.15) is 0 Å². The molecule has 1 aromatic rings. The second-order valence-corrected chi connectivity index (χ2v) is 5.07. The van der Waals surface area contributed by atoms with Gasteiger partial charge in [0.2, 0.25) is 5.91 Å². The maximum Gasteiger partial charge on any atom is 0.239 e. The first-order chi connectivity index (χ1) is 9.16. The predicted octanol–water partition coefficient (Wildman–Crippen LogP) is 2.01. The number of carbonyl (C=O) groups excluding carboxylic acids is 1. The third kappa shape index (κ3) is 4.69. The Bertz CT molecular complexity index is 434. The Morgan fingerprint density at radius 2 is 2.30 bits per heavy atom. The number of hydrogen-bond acceptors (Lipinski definition) is 3. The number of amides is 1. The summed E-state index contributed by atoms with van der Waals surface area (Å²) in [5.74, 6) is 1.03. The number of likely N-dealkylation sites (N-methyl/N-ethyl adjacent to an activating group) is 1. The largest absolute Gasteiger partial charge is 0.492 e. The highest BCUT2D eigenvalue weighted by Gasteiger charge is 2.24. The third-order valence-electron chi connectivity index (χ3n) is 3.42. The van der Waals surface area contributed by atoms with Crippen LogP contribution in [0, 0.1) is 6.92 Å². The van der Waals surface area contributed by atoms with Crippen LogP contribution in [0.15, 0.2) is 24.3 Å². The van der Waals surface area contributed by atoms with E-state index in [1.54, 1.807) is 4.90 Å². The average molecular weight is 299 g/mol. The van der Waals surface area contributed by atoms with Gasteiger partial charge in [0, 0.05) is 7.05 Å². The van der Waals surface area contributed by atoms with E-state index in [0.717, 1.165) is 25.1 Å². The molecule has 1 fully saturated rings. The Balaban J connectivity index is 0.00000200. The maximum absolute atomic E-state index is 12.0. The highest BCUT2D eigenvalue weighted by Crippen LogP contribution is 2.12. The quantitative estimate of drug-likeness (QED) is 0.904. The van der Waals surface area contributed by atoms with Crippen LogP contribution in [0.25, 0.3) is 0 Å². The molecule has 112 valence electrons. The molecule has 20 heavy (non-hydrogen) atoms. The molecule has 1 atom stereocenters. The molecule has 1 N–H and O–H groups in total. The second-order valence-electron chi connectivity index (χ2n) is 5.07. The number of rotatable bonds is 5. The summed E-state index contributed by atoms with van der Waals surface area (Å²) in [4.78, 5) is 13.8. The number of hydrogen-bond donors (Lipinski definition) is 1. The topological polar surface area (TPSA) is 41.6 Å². The molecule has 0 aromatic heterocycles. The zero-order valence-corrected chi connectivity index (χ0v) is 12.9. The predicted molar refractivity (Wildman–Crippen MR) is 82.6 cm³/mol. The van der Waals surface area contributed by atoms with Crippen LogP contribution in [0.1, 0.15) is 18.4 Å². The molecule has 5 heteroatoms. The van der Waals surface area contributed by atoms with Crippen molar-refractivity contribution in [2.24, 2.45) is 0 Å². The minimum atomic E-state index is 0. The van der Waals surface area contributed by atoms with E-state index in [4.69, 9.17) is 4.74 Å². The summed E-state index contributed by atoms with van der Waals surface area (Å²) >= 11 is 0. The molecule has 2 rings (SSSR count). The van der Waals surface area contributed by atoms with Gasteiger partial charge in [-0.25, -0.2) is 0 Å². The first-order valence-corrected chi connectivity index (χ1v) is 6.84. The molecule has 0 aliphatic carbocycles. The van der Waals surface area contributed by atoms with Crippen LogP contribution in [0.3, 0.4) is 0 Å². The fraction of sp³-hybridized carbons (Fsp3) is 0.533. The molecule has 1 unspecified atom stereocenters. The van der Waals surface area contributed by atoms with E-state index in [-0.39, 0.29) is 24.4 Å². The molecular weight excluding hydrogens is 276 g/mol. The number of ether oxygens (including phenoxy) is 1. The number of nitrogens with zero attached hydrogens (tertiary/aromatic N) is 1. The van der Waals surface area contributed by atoms with Gasteiger partial charge in [0.1, 0.15) is 12.4 Å². The van der Waals surface area contributed by atoms with E-state index in [9.17, 15) is 4.79 Å². The summed E-state index contributed by atoms with van der Waals surface area (Å²) in [5, 5.41) is 3.22. The fourth-order valence-electron chi connectivity index (χ4n) is 2.28. The van der Waals surface area contributed by atoms with Crippen molar-refractivity contribution in [3.63, 3.8) is 0 Å². The molecule has 4 nitrogen and oxygen atoms in total. The van der Waals surface area contributed by atoms with Crippen LogP contribution in [-0.4, -0.2) is 43.6 Å². The molecule has 0 radical (unpaired) electrons. The highest BCUT2D eigenvalue weighted by molar-refractivity contribution is 5.85. The van der Waals surface area contributed by atoms with E-state index in [1.165, 1.54) is 5.56 Å². The number of carbonyl (C=O) groups is 1. The Morgan fingerprint density at radius 3 is 2.95 bits per heavy atom. The van der Waals surface area contributed by atoms with E-state index >= 15 is 0 Å². The minimum absolute atomic E-state index is 0. The van der Waals surface area contributed by atoms with E-state index in [2.05, 4.69) is 5.32 Å². The van der Waals surface area contributed by atoms with Gasteiger partial charge in [-0.3, -0.25) is 4.79 Å². The summed E-state index contributed by atoms with van der Waals surface area (Å²) in [5.41, 5.74) is 1.18. The molecule has 0 bridgehead atoms. The number of nitrogens with one attached hydrogen (secondary N) is 1. The van der Waals surface area contributed by atoms with Crippen molar-refractivity contribution in [2.45, 2.75) is 25.8 Å². The van der Waals surface area contributed by atoms with E-state index < -0.39 is 0 Å². The van der Waals surface area contributed by atoms with E-state index in [0.29, 0.717) is 13.2 Å². The van der Waals surface area contributed by atoms with Crippen molar-refractivity contribution in [2.75, 3.05) is 26.7 Å². The lowest BCUT2D eigenvalue weighted by atomic mass is 10.2.